The molecule has 5 N–H and O–H groups in total. The molecule has 156 valence electrons. The van der Waals surface area contributed by atoms with E-state index in [2.05, 4.69) is 10.3 Å². The van der Waals surface area contributed by atoms with Gasteiger partial charge in [-0.3, -0.25) is 9.59 Å². The van der Waals surface area contributed by atoms with Gasteiger partial charge in [-0.2, -0.15) is 0 Å². The number of aromatic amines is 1. The van der Waals surface area contributed by atoms with E-state index < -0.39 is 36.4 Å². The molecule has 8 heteroatoms. The van der Waals surface area contributed by atoms with Crippen LogP contribution in [0.1, 0.15) is 17.5 Å². The van der Waals surface area contributed by atoms with E-state index >= 15 is 0 Å². The minimum atomic E-state index is -1.33. The molecule has 1 amide bonds. The Bertz CT molecular complexity index is 1030. The maximum absolute atomic E-state index is 12.5. The number of fused-ring (bicyclic) bond motifs is 1. The fourth-order valence-electron chi connectivity index (χ4n) is 3.11. The van der Waals surface area contributed by atoms with Crippen LogP contribution in [0.15, 0.2) is 60.8 Å². The summed E-state index contributed by atoms with van der Waals surface area (Å²) in [6.07, 6.45) is 1.41. The third-order valence-corrected chi connectivity index (χ3v) is 4.66. The van der Waals surface area contributed by atoms with Crippen molar-refractivity contribution in [1.82, 2.24) is 10.3 Å². The fraction of sp³-hybridized carbons (Fsp3) is 0.227. The number of aromatic nitrogens is 1. The average molecular weight is 409 g/mol. The first-order chi connectivity index (χ1) is 14.4. The van der Waals surface area contributed by atoms with Gasteiger partial charge >= 0.3 is 11.9 Å². The first-order valence-corrected chi connectivity index (χ1v) is 9.47. The van der Waals surface area contributed by atoms with Crippen LogP contribution in [-0.2, 0) is 32.1 Å². The molecule has 1 heterocycles. The summed E-state index contributed by atoms with van der Waals surface area (Å²) in [5, 5.41) is 12.5. The van der Waals surface area contributed by atoms with E-state index in [1.54, 1.807) is 30.5 Å². The summed E-state index contributed by atoms with van der Waals surface area (Å²) in [4.78, 5) is 39.1. The highest BCUT2D eigenvalue weighted by Gasteiger charge is 2.27. The van der Waals surface area contributed by atoms with Crippen LogP contribution in [0.25, 0.3) is 10.9 Å². The van der Waals surface area contributed by atoms with E-state index in [0.29, 0.717) is 0 Å². The predicted octanol–water partition coefficient (Wildman–Crippen LogP) is 1.74. The number of para-hydroxylation sites is 1. The van der Waals surface area contributed by atoms with Gasteiger partial charge in [0.1, 0.15) is 12.6 Å². The average Bonchev–Trinajstić information content (AvgIpc) is 3.14. The lowest BCUT2D eigenvalue weighted by Gasteiger charge is -2.19. The first-order valence-electron chi connectivity index (χ1n) is 9.47. The number of nitrogens with two attached hydrogens (primary N) is 1. The van der Waals surface area contributed by atoms with Crippen LogP contribution in [-0.4, -0.2) is 40.0 Å². The van der Waals surface area contributed by atoms with Crippen molar-refractivity contribution < 1.29 is 24.2 Å². The molecule has 3 rings (SSSR count). The topological polar surface area (TPSA) is 135 Å². The van der Waals surface area contributed by atoms with E-state index in [4.69, 9.17) is 15.6 Å². The molecular formula is C22H23N3O5. The molecule has 8 nitrogen and oxygen atoms in total. The van der Waals surface area contributed by atoms with E-state index in [9.17, 15) is 14.4 Å². The lowest BCUT2D eigenvalue weighted by Crippen LogP contribution is -2.50. The Morgan fingerprint density at radius 1 is 1.07 bits per heavy atom. The van der Waals surface area contributed by atoms with Gasteiger partial charge in [0.25, 0.3) is 0 Å². The summed E-state index contributed by atoms with van der Waals surface area (Å²) < 4.78 is 5.17. The molecule has 2 aromatic carbocycles. The zero-order valence-corrected chi connectivity index (χ0v) is 16.2. The summed E-state index contributed by atoms with van der Waals surface area (Å²) in [5.41, 5.74) is 8.55. The number of carboxylic acid groups (broad SMARTS) is 1. The second kappa shape index (κ2) is 9.71. The van der Waals surface area contributed by atoms with Gasteiger partial charge in [-0.1, -0.05) is 48.5 Å². The number of esters is 1. The maximum atomic E-state index is 12.5. The van der Waals surface area contributed by atoms with Crippen molar-refractivity contribution in [3.8, 4) is 0 Å². The van der Waals surface area contributed by atoms with Crippen molar-refractivity contribution in [3.63, 3.8) is 0 Å². The van der Waals surface area contributed by atoms with Gasteiger partial charge in [-0.15, -0.1) is 0 Å². The number of carboxylic acids is 1. The first kappa shape index (κ1) is 21.1. The van der Waals surface area contributed by atoms with Crippen LogP contribution < -0.4 is 11.1 Å². The Labute approximate surface area is 173 Å². The number of carbonyl (C=O) groups is 3. The highest BCUT2D eigenvalue weighted by atomic mass is 16.5. The van der Waals surface area contributed by atoms with Gasteiger partial charge in [0.2, 0.25) is 5.91 Å². The maximum Gasteiger partial charge on any atom is 0.329 e. The summed E-state index contributed by atoms with van der Waals surface area (Å²) in [5.74, 6) is -2.68. The molecule has 2 unspecified atom stereocenters. The Morgan fingerprint density at radius 3 is 2.50 bits per heavy atom. The van der Waals surface area contributed by atoms with Crippen LogP contribution in [0.4, 0.5) is 0 Å². The van der Waals surface area contributed by atoms with Crippen LogP contribution in [0.5, 0.6) is 0 Å². The minimum Gasteiger partial charge on any atom is -0.481 e. The molecule has 0 saturated carbocycles. The molecule has 0 saturated heterocycles. The highest BCUT2D eigenvalue weighted by molar-refractivity contribution is 5.90. The summed E-state index contributed by atoms with van der Waals surface area (Å²) >= 11 is 0. The van der Waals surface area contributed by atoms with Gasteiger partial charge in [-0.25, -0.2) is 4.79 Å². The zero-order chi connectivity index (χ0) is 21.5. The van der Waals surface area contributed by atoms with Crippen LogP contribution >= 0.6 is 0 Å². The lowest BCUT2D eigenvalue weighted by atomic mass is 10.0. The Morgan fingerprint density at radius 2 is 1.77 bits per heavy atom. The number of H-pyrrole nitrogens is 1. The second-order valence-corrected chi connectivity index (χ2v) is 6.92. The van der Waals surface area contributed by atoms with Gasteiger partial charge in [-0.05, 0) is 23.6 Å². The van der Waals surface area contributed by atoms with Gasteiger partial charge < -0.3 is 25.9 Å². The fourth-order valence-corrected chi connectivity index (χ4v) is 3.11. The molecular weight excluding hydrogens is 386 g/mol. The number of benzene rings is 2. The van der Waals surface area contributed by atoms with Crippen molar-refractivity contribution in [2.75, 3.05) is 0 Å². The van der Waals surface area contributed by atoms with Crippen molar-refractivity contribution in [2.45, 2.75) is 31.5 Å². The van der Waals surface area contributed by atoms with Crippen molar-refractivity contribution in [3.05, 3.63) is 71.9 Å². The molecule has 0 radical (unpaired) electrons. The van der Waals surface area contributed by atoms with Gasteiger partial charge in [0, 0.05) is 17.1 Å². The van der Waals surface area contributed by atoms with E-state index in [1.807, 2.05) is 30.3 Å². The smallest absolute Gasteiger partial charge is 0.329 e. The molecule has 3 aromatic rings. The molecule has 0 aliphatic carbocycles. The molecule has 0 spiro atoms. The minimum absolute atomic E-state index is 0.0208. The number of hydrogen-bond donors (Lipinski definition) is 4. The Hall–Kier alpha value is -3.65. The molecule has 30 heavy (non-hydrogen) atoms. The van der Waals surface area contributed by atoms with Crippen LogP contribution in [0.2, 0.25) is 0 Å². The summed E-state index contributed by atoms with van der Waals surface area (Å²) in [6.45, 7) is -0.0208. The molecule has 0 aliphatic rings. The van der Waals surface area contributed by atoms with Crippen molar-refractivity contribution >= 4 is 28.7 Å². The highest BCUT2D eigenvalue weighted by Crippen LogP contribution is 2.18. The lowest BCUT2D eigenvalue weighted by molar-refractivity contribution is -0.152. The summed E-state index contributed by atoms with van der Waals surface area (Å²) in [7, 11) is 0. The van der Waals surface area contributed by atoms with E-state index in [1.165, 1.54) is 0 Å². The molecule has 0 aliphatic heterocycles. The predicted molar refractivity (Wildman–Crippen MR) is 110 cm³/mol. The third-order valence-electron chi connectivity index (χ3n) is 4.66. The third kappa shape index (κ3) is 5.45. The Balaban J connectivity index is 1.62. The molecule has 2 atom stereocenters. The van der Waals surface area contributed by atoms with E-state index in [0.717, 1.165) is 22.0 Å². The number of ether oxygens (including phenoxy) is 1. The normalized spacial score (nSPS) is 12.8. The number of hydrogen-bond acceptors (Lipinski definition) is 5. The molecule has 0 fully saturated rings. The summed E-state index contributed by atoms with van der Waals surface area (Å²) in [6, 6.07) is 14.3. The van der Waals surface area contributed by atoms with Gasteiger partial charge in [0.05, 0.1) is 12.5 Å². The number of carbonyl (C=O) groups excluding carboxylic acids is 2. The van der Waals surface area contributed by atoms with Crippen LogP contribution in [0.3, 0.4) is 0 Å². The number of nitrogens with one attached hydrogen (secondary N) is 2. The number of rotatable bonds is 9. The molecule has 1 aromatic heterocycles. The number of amides is 1. The quantitative estimate of drug-likeness (QED) is 0.398. The van der Waals surface area contributed by atoms with Crippen LogP contribution in [0, 0.1) is 0 Å². The zero-order valence-electron chi connectivity index (χ0n) is 16.2. The van der Waals surface area contributed by atoms with Crippen molar-refractivity contribution in [1.29, 1.82) is 0 Å². The van der Waals surface area contributed by atoms with E-state index in [-0.39, 0.29) is 13.0 Å². The van der Waals surface area contributed by atoms with Gasteiger partial charge in [0.15, 0.2) is 0 Å². The monoisotopic (exact) mass is 409 g/mol. The largest absolute Gasteiger partial charge is 0.481 e. The second-order valence-electron chi connectivity index (χ2n) is 6.92. The SMILES string of the molecule is NC(Cc1c[nH]c2ccccc12)C(=O)NC(CC(=O)O)C(=O)OCc1ccccc1. The van der Waals surface area contributed by atoms with Crippen molar-refractivity contribution in [2.24, 2.45) is 5.73 Å². The number of aliphatic carboxylic acids is 1. The Kier molecular flexibility index (Phi) is 6.82. The molecule has 0 bridgehead atoms. The standard InChI is InChI=1S/C22H23N3O5/c23-17(10-15-12-24-18-9-5-4-8-16(15)18)21(28)25-19(11-20(26)27)22(29)30-13-14-6-2-1-3-7-14/h1-9,12,17,19,24H,10-11,13,23H2,(H,25,28)(H,26,27).